The molecule has 1 aliphatic rings. The van der Waals surface area contributed by atoms with E-state index in [1.54, 1.807) is 0 Å². The monoisotopic (exact) mass is 102 g/mol. The lowest BCUT2D eigenvalue weighted by Crippen LogP contribution is -1.85. The standard InChI is InChI=1S/C4H7OP/c5-6-3-1-2-4-6/h3H,1-2,4H2. The highest BCUT2D eigenvalue weighted by Gasteiger charge is 2.02. The Bertz CT molecular complexity index is 77.6. The molecule has 0 aromatic carbocycles. The Morgan fingerprint density at radius 1 is 1.67 bits per heavy atom. The molecule has 1 rings (SSSR count). The first-order valence-electron chi connectivity index (χ1n) is 2.17. The van der Waals surface area contributed by atoms with Gasteiger partial charge in [-0.15, -0.1) is 0 Å². The summed E-state index contributed by atoms with van der Waals surface area (Å²) in [7, 11) is -0.840. The summed E-state index contributed by atoms with van der Waals surface area (Å²) in [6.45, 7) is 0. The first kappa shape index (κ1) is 4.29. The van der Waals surface area contributed by atoms with Gasteiger partial charge in [0.1, 0.15) is 6.16 Å². The molecule has 0 aromatic rings. The maximum atomic E-state index is 10.3. The molecule has 0 aliphatic carbocycles. The van der Waals surface area contributed by atoms with Gasteiger partial charge < -0.3 is 4.89 Å². The first-order chi connectivity index (χ1) is 2.89. The second-order valence-electron chi connectivity index (χ2n) is 1.47. The lowest BCUT2D eigenvalue weighted by atomic mass is 10.4. The third-order valence-corrected chi connectivity index (χ3v) is 2.34. The smallest absolute Gasteiger partial charge is 0.103 e. The summed E-state index contributed by atoms with van der Waals surface area (Å²) >= 11 is 0. The van der Waals surface area contributed by atoms with Crippen LogP contribution in [-0.2, 0) is 0 Å². The molecule has 1 aliphatic heterocycles. The molecule has 1 nitrogen and oxygen atoms in total. The fourth-order valence-electron chi connectivity index (χ4n) is 0.574. The highest BCUT2D eigenvalue weighted by Crippen LogP contribution is 2.18. The van der Waals surface area contributed by atoms with Crippen molar-refractivity contribution in [3.05, 3.63) is 0 Å². The van der Waals surface area contributed by atoms with Crippen molar-refractivity contribution in [1.82, 2.24) is 0 Å². The van der Waals surface area contributed by atoms with Gasteiger partial charge in [0.2, 0.25) is 0 Å². The van der Waals surface area contributed by atoms with E-state index in [9.17, 15) is 4.89 Å². The van der Waals surface area contributed by atoms with Crippen LogP contribution in [0.1, 0.15) is 12.8 Å². The number of rotatable bonds is 0. The van der Waals surface area contributed by atoms with Crippen molar-refractivity contribution >= 4 is 13.6 Å². The van der Waals surface area contributed by atoms with Crippen LogP contribution in [0.2, 0.25) is 0 Å². The minimum atomic E-state index is -0.840. The van der Waals surface area contributed by atoms with Crippen LogP contribution in [0.4, 0.5) is 0 Å². The Hall–Kier alpha value is 0.130. The van der Waals surface area contributed by atoms with E-state index in [0.29, 0.717) is 0 Å². The van der Waals surface area contributed by atoms with E-state index in [2.05, 4.69) is 0 Å². The van der Waals surface area contributed by atoms with Crippen molar-refractivity contribution in [2.45, 2.75) is 12.8 Å². The second-order valence-corrected chi connectivity index (χ2v) is 3.11. The van der Waals surface area contributed by atoms with E-state index in [4.69, 9.17) is 0 Å². The van der Waals surface area contributed by atoms with Crippen molar-refractivity contribution in [3.63, 3.8) is 0 Å². The van der Waals surface area contributed by atoms with Crippen LogP contribution >= 0.6 is 7.77 Å². The zero-order valence-corrected chi connectivity index (χ0v) is 4.45. The molecule has 2 heteroatoms. The summed E-state index contributed by atoms with van der Waals surface area (Å²) < 4.78 is 0. The topological polar surface area (TPSA) is 23.1 Å². The number of hydrogen-bond acceptors (Lipinski definition) is 1. The molecule has 0 N–H and O–H groups in total. The Labute approximate surface area is 38.5 Å². The van der Waals surface area contributed by atoms with Gasteiger partial charge >= 0.3 is 0 Å². The normalized spacial score (nSPS) is 27.2. The van der Waals surface area contributed by atoms with Crippen molar-refractivity contribution in [2.24, 2.45) is 0 Å². The molecule has 1 unspecified atom stereocenters. The van der Waals surface area contributed by atoms with Gasteiger partial charge in [-0.25, -0.2) is 0 Å². The number of hydrogen-bond donors (Lipinski definition) is 0. The fraction of sp³-hybridized carbons (Fsp3) is 0.750. The van der Waals surface area contributed by atoms with Gasteiger partial charge in [0.25, 0.3) is 0 Å². The molecular weight excluding hydrogens is 95.0 g/mol. The van der Waals surface area contributed by atoms with E-state index in [1.807, 2.05) is 5.80 Å². The van der Waals surface area contributed by atoms with Gasteiger partial charge in [0.15, 0.2) is 0 Å². The fourth-order valence-corrected chi connectivity index (χ4v) is 1.72. The molecule has 1 heterocycles. The maximum Gasteiger partial charge on any atom is 0.103 e. The Balaban J connectivity index is 2.45. The molecule has 0 aromatic heterocycles. The average Bonchev–Trinajstić information content (AvgIpc) is 1.86. The predicted molar refractivity (Wildman–Crippen MR) is 27.1 cm³/mol. The third-order valence-electron chi connectivity index (χ3n) is 0.915. The third kappa shape index (κ3) is 0.796. The van der Waals surface area contributed by atoms with Crippen LogP contribution < -0.4 is 4.89 Å². The van der Waals surface area contributed by atoms with E-state index in [0.717, 1.165) is 19.0 Å². The minimum Gasteiger partial charge on any atom is -0.631 e. The molecule has 34 valence electrons. The van der Waals surface area contributed by atoms with Gasteiger partial charge in [-0.05, 0) is 6.42 Å². The maximum absolute atomic E-state index is 10.3. The van der Waals surface area contributed by atoms with Crippen LogP contribution in [0.25, 0.3) is 0 Å². The highest BCUT2D eigenvalue weighted by molar-refractivity contribution is 7.50. The van der Waals surface area contributed by atoms with E-state index < -0.39 is 7.77 Å². The molecule has 0 bridgehead atoms. The SMILES string of the molecule is [O-][P+]1=CCCC1. The van der Waals surface area contributed by atoms with Gasteiger partial charge in [-0.2, -0.15) is 0 Å². The molecular formula is C4H7OP. The summed E-state index contributed by atoms with van der Waals surface area (Å²) in [5.41, 5.74) is 0. The molecule has 0 saturated heterocycles. The molecule has 0 saturated carbocycles. The summed E-state index contributed by atoms with van der Waals surface area (Å²) in [4.78, 5) is 10.3. The average molecular weight is 102 g/mol. The van der Waals surface area contributed by atoms with E-state index >= 15 is 0 Å². The van der Waals surface area contributed by atoms with E-state index in [1.165, 1.54) is 0 Å². The zero-order chi connectivity index (χ0) is 4.41. The van der Waals surface area contributed by atoms with E-state index in [-0.39, 0.29) is 0 Å². The van der Waals surface area contributed by atoms with Gasteiger partial charge in [0, 0.05) is 14.2 Å². The van der Waals surface area contributed by atoms with Crippen molar-refractivity contribution < 1.29 is 4.89 Å². The first-order valence-corrected chi connectivity index (χ1v) is 3.68. The minimum absolute atomic E-state index is 0.840. The summed E-state index contributed by atoms with van der Waals surface area (Å²) in [5.74, 6) is 1.91. The Morgan fingerprint density at radius 2 is 2.50 bits per heavy atom. The summed E-state index contributed by atoms with van der Waals surface area (Å²) in [6.07, 6.45) is 3.17. The van der Waals surface area contributed by atoms with Gasteiger partial charge in [-0.3, -0.25) is 0 Å². The van der Waals surface area contributed by atoms with Gasteiger partial charge in [-0.1, -0.05) is 0 Å². The molecule has 0 radical (unpaired) electrons. The summed E-state index contributed by atoms with van der Waals surface area (Å²) in [5, 5.41) is 0. The molecule has 6 heavy (non-hydrogen) atoms. The summed E-state index contributed by atoms with van der Waals surface area (Å²) in [6, 6.07) is 0. The predicted octanol–water partition coefficient (Wildman–Crippen LogP) is 0.340. The van der Waals surface area contributed by atoms with Crippen LogP contribution in [-0.4, -0.2) is 12.0 Å². The van der Waals surface area contributed by atoms with Gasteiger partial charge in [0.05, 0.1) is 5.80 Å². The molecule has 1 atom stereocenters. The van der Waals surface area contributed by atoms with Crippen molar-refractivity contribution in [3.8, 4) is 0 Å². The Morgan fingerprint density at radius 3 is 2.67 bits per heavy atom. The van der Waals surface area contributed by atoms with Crippen molar-refractivity contribution in [1.29, 1.82) is 0 Å². The van der Waals surface area contributed by atoms with Crippen LogP contribution in [0.3, 0.4) is 0 Å². The second kappa shape index (κ2) is 1.72. The zero-order valence-electron chi connectivity index (χ0n) is 3.55. The molecule has 0 spiro atoms. The van der Waals surface area contributed by atoms with Crippen LogP contribution in [0.5, 0.6) is 0 Å². The van der Waals surface area contributed by atoms with Crippen LogP contribution in [0.15, 0.2) is 0 Å². The lowest BCUT2D eigenvalue weighted by Gasteiger charge is -1.81. The molecule has 0 fully saturated rings. The van der Waals surface area contributed by atoms with Crippen molar-refractivity contribution in [2.75, 3.05) is 6.16 Å². The molecule has 0 amide bonds. The van der Waals surface area contributed by atoms with Crippen LogP contribution in [0, 0.1) is 0 Å². The Kier molecular flexibility index (Phi) is 1.23. The lowest BCUT2D eigenvalue weighted by molar-refractivity contribution is -0.152. The quantitative estimate of drug-likeness (QED) is 0.404. The highest BCUT2D eigenvalue weighted by atomic mass is 31.1. The largest absolute Gasteiger partial charge is 0.631 e.